The molecule has 1 amide bonds. The van der Waals surface area contributed by atoms with Crippen LogP contribution in [0.3, 0.4) is 0 Å². The lowest BCUT2D eigenvalue weighted by molar-refractivity contribution is -0.118. The number of para-hydroxylation sites is 1. The number of carbonyl (C=O) groups is 1. The Morgan fingerprint density at radius 2 is 1.80 bits per heavy atom. The van der Waals surface area contributed by atoms with Crippen molar-refractivity contribution in [2.45, 2.75) is 16.6 Å². The first-order valence-electron chi connectivity index (χ1n) is 13.4. The first-order chi connectivity index (χ1) is 19.6. The normalized spacial score (nSPS) is 15.8. The summed E-state index contributed by atoms with van der Waals surface area (Å²) in [5.74, 6) is 3.58. The molecule has 0 bridgehead atoms. The Morgan fingerprint density at radius 3 is 2.65 bits per heavy atom. The minimum Gasteiger partial charge on any atom is -0.497 e. The molecule has 5 rings (SSSR count). The highest BCUT2D eigenvalue weighted by Crippen LogP contribution is 2.48. The third-order valence-corrected chi connectivity index (χ3v) is 8.16. The zero-order valence-electron chi connectivity index (χ0n) is 22.8. The van der Waals surface area contributed by atoms with Crippen molar-refractivity contribution < 1.29 is 28.5 Å². The first-order valence-corrected chi connectivity index (χ1v) is 14.2. The number of fused-ring (bicyclic) bond motifs is 2. The van der Waals surface area contributed by atoms with Crippen LogP contribution in [-0.4, -0.2) is 71.2 Å². The maximum absolute atomic E-state index is 13.4. The Kier molecular flexibility index (Phi) is 9.20. The Labute approximate surface area is 239 Å². The van der Waals surface area contributed by atoms with Crippen molar-refractivity contribution in [3.63, 3.8) is 0 Å². The predicted octanol–water partition coefficient (Wildman–Crippen LogP) is 4.34. The molecule has 0 aliphatic carbocycles. The van der Waals surface area contributed by atoms with E-state index in [1.54, 1.807) is 23.8 Å². The molecule has 0 saturated carbocycles. The van der Waals surface area contributed by atoms with Crippen LogP contribution in [0, 0.1) is 0 Å². The number of thioether (sulfide) groups is 1. The van der Waals surface area contributed by atoms with Crippen LogP contribution in [0.5, 0.6) is 28.7 Å². The zero-order chi connectivity index (χ0) is 27.9. The van der Waals surface area contributed by atoms with E-state index in [9.17, 15) is 4.79 Å². The van der Waals surface area contributed by atoms with E-state index in [4.69, 9.17) is 29.4 Å². The van der Waals surface area contributed by atoms with Crippen molar-refractivity contribution in [2.75, 3.05) is 65.2 Å². The summed E-state index contributed by atoms with van der Waals surface area (Å²) < 4.78 is 28.4. The quantitative estimate of drug-likeness (QED) is 0.304. The van der Waals surface area contributed by atoms with Gasteiger partial charge in [0.1, 0.15) is 29.1 Å². The van der Waals surface area contributed by atoms with Crippen LogP contribution in [0.2, 0.25) is 0 Å². The standard InChI is InChI=1S/C30H35N3O6S/c1-32-24-6-3-4-7-28(24)40-29(30(32)34)23-18-21(35-2)8-10-25(23)37-16-5-13-33(14-12-31)15-17-36-22-9-11-26-27(19-22)39-20-38-26/h3-4,6-11,18-19,29H,5,12-17,20,31H2,1-2H3/t29-/m0/s1. The molecular formula is C30H35N3O6S. The minimum atomic E-state index is -0.424. The fourth-order valence-electron chi connectivity index (χ4n) is 4.74. The van der Waals surface area contributed by atoms with Crippen molar-refractivity contribution in [3.05, 3.63) is 66.2 Å². The van der Waals surface area contributed by atoms with Gasteiger partial charge in [-0.1, -0.05) is 12.1 Å². The second-order valence-electron chi connectivity index (χ2n) is 9.46. The van der Waals surface area contributed by atoms with E-state index >= 15 is 0 Å². The molecule has 0 aromatic heterocycles. The van der Waals surface area contributed by atoms with Crippen LogP contribution in [0.25, 0.3) is 0 Å². The number of hydrogen-bond donors (Lipinski definition) is 1. The van der Waals surface area contributed by atoms with Gasteiger partial charge >= 0.3 is 0 Å². The smallest absolute Gasteiger partial charge is 0.244 e. The van der Waals surface area contributed by atoms with Crippen molar-refractivity contribution in [3.8, 4) is 28.7 Å². The molecule has 2 aliphatic rings. The number of amides is 1. The number of anilines is 1. The van der Waals surface area contributed by atoms with Crippen LogP contribution in [0.4, 0.5) is 5.69 Å². The van der Waals surface area contributed by atoms with E-state index < -0.39 is 5.25 Å². The van der Waals surface area contributed by atoms with Crippen LogP contribution >= 0.6 is 11.8 Å². The van der Waals surface area contributed by atoms with E-state index in [1.165, 1.54) is 0 Å². The van der Waals surface area contributed by atoms with Gasteiger partial charge in [-0.2, -0.15) is 0 Å². The first kappa shape index (κ1) is 27.9. The molecule has 3 aromatic rings. The van der Waals surface area contributed by atoms with E-state index in [2.05, 4.69) is 4.90 Å². The highest BCUT2D eigenvalue weighted by molar-refractivity contribution is 8.00. The number of carbonyl (C=O) groups excluding carboxylic acids is 1. The molecule has 1 atom stereocenters. The fraction of sp³-hybridized carbons (Fsp3) is 0.367. The van der Waals surface area contributed by atoms with Gasteiger partial charge in [0.15, 0.2) is 11.5 Å². The van der Waals surface area contributed by atoms with Gasteiger partial charge in [-0.3, -0.25) is 9.69 Å². The van der Waals surface area contributed by atoms with Gasteiger partial charge in [0.2, 0.25) is 12.7 Å². The second-order valence-corrected chi connectivity index (χ2v) is 10.6. The molecule has 2 heterocycles. The third kappa shape index (κ3) is 6.41. The number of likely N-dealkylation sites (N-methyl/N-ethyl adjacent to an activating group) is 1. The summed E-state index contributed by atoms with van der Waals surface area (Å²) in [5.41, 5.74) is 7.59. The van der Waals surface area contributed by atoms with Gasteiger partial charge in [-0.25, -0.2) is 0 Å². The zero-order valence-corrected chi connectivity index (χ0v) is 23.7. The van der Waals surface area contributed by atoms with E-state index in [0.717, 1.165) is 53.7 Å². The average molecular weight is 566 g/mol. The number of nitrogens with two attached hydrogens (primary N) is 1. The maximum Gasteiger partial charge on any atom is 0.244 e. The number of rotatable bonds is 13. The lowest BCUT2D eigenvalue weighted by atomic mass is 10.1. The predicted molar refractivity (Wildman–Crippen MR) is 155 cm³/mol. The number of hydrogen-bond acceptors (Lipinski definition) is 9. The van der Waals surface area contributed by atoms with Crippen molar-refractivity contribution in [1.82, 2.24) is 4.90 Å². The van der Waals surface area contributed by atoms with Gasteiger partial charge < -0.3 is 34.3 Å². The fourth-order valence-corrected chi connectivity index (χ4v) is 6.05. The topological polar surface area (TPSA) is 95.7 Å². The summed E-state index contributed by atoms with van der Waals surface area (Å²) in [4.78, 5) is 18.4. The molecule has 0 spiro atoms. The summed E-state index contributed by atoms with van der Waals surface area (Å²) in [6.07, 6.45) is 0.796. The molecule has 9 nitrogen and oxygen atoms in total. The molecule has 2 N–H and O–H groups in total. The number of benzene rings is 3. The monoisotopic (exact) mass is 565 g/mol. The lowest BCUT2D eigenvalue weighted by Crippen LogP contribution is -2.34. The molecule has 40 heavy (non-hydrogen) atoms. The van der Waals surface area contributed by atoms with Gasteiger partial charge in [-0.15, -0.1) is 11.8 Å². The van der Waals surface area contributed by atoms with Crippen LogP contribution < -0.4 is 34.3 Å². The van der Waals surface area contributed by atoms with Crippen molar-refractivity contribution in [1.29, 1.82) is 0 Å². The summed E-state index contributed by atoms with van der Waals surface area (Å²) in [5, 5.41) is -0.424. The van der Waals surface area contributed by atoms with Gasteiger partial charge in [0, 0.05) is 49.8 Å². The Bertz CT molecular complexity index is 1320. The Morgan fingerprint density at radius 1 is 0.975 bits per heavy atom. The van der Waals surface area contributed by atoms with Crippen LogP contribution in [0.15, 0.2) is 65.6 Å². The van der Waals surface area contributed by atoms with E-state index in [-0.39, 0.29) is 12.7 Å². The minimum absolute atomic E-state index is 0.0124. The van der Waals surface area contributed by atoms with Crippen LogP contribution in [0.1, 0.15) is 17.2 Å². The molecule has 212 valence electrons. The summed E-state index contributed by atoms with van der Waals surface area (Å²) in [6, 6.07) is 19.2. The highest BCUT2D eigenvalue weighted by Gasteiger charge is 2.34. The third-order valence-electron chi connectivity index (χ3n) is 6.87. The molecule has 10 heteroatoms. The number of ether oxygens (including phenoxy) is 5. The maximum atomic E-state index is 13.4. The molecule has 0 unspecified atom stereocenters. The SMILES string of the molecule is COc1ccc(OCCCN(CCN)CCOc2ccc3c(c2)OCO3)c([C@@H]2Sc3ccccc3N(C)C2=O)c1. The van der Waals surface area contributed by atoms with E-state index in [0.29, 0.717) is 37.0 Å². The van der Waals surface area contributed by atoms with Crippen molar-refractivity contribution >= 4 is 23.4 Å². The number of methoxy groups -OCH3 is 1. The molecular weight excluding hydrogens is 530 g/mol. The summed E-state index contributed by atoms with van der Waals surface area (Å²) in [6.45, 7) is 4.13. The highest BCUT2D eigenvalue weighted by atomic mass is 32.2. The van der Waals surface area contributed by atoms with Crippen molar-refractivity contribution in [2.24, 2.45) is 5.73 Å². The molecule has 2 aliphatic heterocycles. The van der Waals surface area contributed by atoms with Gasteiger partial charge in [0.05, 0.1) is 19.4 Å². The Hall–Kier alpha value is -3.60. The largest absolute Gasteiger partial charge is 0.497 e. The molecule has 3 aromatic carbocycles. The molecule has 0 radical (unpaired) electrons. The average Bonchev–Trinajstić information content (AvgIpc) is 3.45. The summed E-state index contributed by atoms with van der Waals surface area (Å²) >= 11 is 1.54. The number of nitrogens with zero attached hydrogens (tertiary/aromatic N) is 2. The molecule has 0 fully saturated rings. The second kappa shape index (κ2) is 13.2. The van der Waals surface area contributed by atoms with Gasteiger partial charge in [0.25, 0.3) is 0 Å². The van der Waals surface area contributed by atoms with E-state index in [1.807, 2.05) is 67.7 Å². The van der Waals surface area contributed by atoms with Gasteiger partial charge in [-0.05, 0) is 48.9 Å². The van der Waals surface area contributed by atoms with Crippen LogP contribution in [-0.2, 0) is 4.79 Å². The Balaban J connectivity index is 1.17. The molecule has 0 saturated heterocycles. The lowest BCUT2D eigenvalue weighted by Gasteiger charge is -2.32. The summed E-state index contributed by atoms with van der Waals surface area (Å²) in [7, 11) is 3.44.